The molecular weight excluding hydrogens is 569 g/mol. The smallest absolute Gasteiger partial charge is 0.236 e. The lowest BCUT2D eigenvalue weighted by molar-refractivity contribution is -0.142. The van der Waals surface area contributed by atoms with E-state index in [4.69, 9.17) is 9.97 Å². The summed E-state index contributed by atoms with van der Waals surface area (Å²) in [5.74, 6) is 1.05. The van der Waals surface area contributed by atoms with Crippen molar-refractivity contribution in [1.82, 2.24) is 24.2 Å². The molecule has 2 saturated heterocycles. The lowest BCUT2D eigenvalue weighted by Gasteiger charge is -2.40. The minimum absolute atomic E-state index is 0.0848. The molecule has 42 heavy (non-hydrogen) atoms. The van der Waals surface area contributed by atoms with E-state index < -0.39 is 0 Å². The van der Waals surface area contributed by atoms with Gasteiger partial charge >= 0.3 is 0 Å². The van der Waals surface area contributed by atoms with Crippen molar-refractivity contribution in [3.63, 3.8) is 0 Å². The topological polar surface area (TPSA) is 104 Å². The third kappa shape index (κ3) is 5.38. The Balaban J connectivity index is 1.23. The van der Waals surface area contributed by atoms with Crippen LogP contribution in [0.3, 0.4) is 0 Å². The number of imidazole rings is 1. The number of hydrogen-bond acceptors (Lipinski definition) is 10. The number of hydrogen-bond donors (Lipinski definition) is 1. The van der Waals surface area contributed by atoms with Gasteiger partial charge in [-0.1, -0.05) is 59.4 Å². The predicted molar refractivity (Wildman–Crippen MR) is 168 cm³/mol. The van der Waals surface area contributed by atoms with Crippen molar-refractivity contribution in [3.8, 4) is 17.3 Å². The van der Waals surface area contributed by atoms with Gasteiger partial charge in [-0.3, -0.25) is 14.1 Å². The number of anilines is 3. The van der Waals surface area contributed by atoms with Gasteiger partial charge in [-0.15, -0.1) is 0 Å². The standard InChI is InChI=1S/C30H36N8O2S2/c1-5-23-28(35(4)29-33-27(24(13-31)41-29)20-10-8-19(2)9-11-20)38-18-26(42-30(38)32-23)36-12-6-7-21(14-36)34(3)17-25(40)37-15-22(39)16-37/h8-11,18,21-22,39H,5-7,12,14-17H2,1-4H3. The summed E-state index contributed by atoms with van der Waals surface area (Å²) < 4.78 is 2.16. The van der Waals surface area contributed by atoms with Crippen LogP contribution in [0.15, 0.2) is 30.5 Å². The molecule has 0 radical (unpaired) electrons. The molecule has 0 spiro atoms. The minimum Gasteiger partial charge on any atom is -0.389 e. The molecule has 1 amide bonds. The highest BCUT2D eigenvalue weighted by Crippen LogP contribution is 2.39. The Kier molecular flexibility index (Phi) is 7.93. The molecule has 0 aliphatic carbocycles. The third-order valence-electron chi connectivity index (χ3n) is 8.27. The van der Waals surface area contributed by atoms with Gasteiger partial charge in [-0.2, -0.15) is 5.26 Å². The molecule has 0 saturated carbocycles. The number of aliphatic hydroxyl groups is 1. The molecule has 10 nitrogen and oxygen atoms in total. The highest BCUT2D eigenvalue weighted by molar-refractivity contribution is 7.21. The van der Waals surface area contributed by atoms with Gasteiger partial charge < -0.3 is 19.8 Å². The number of nitriles is 1. The summed E-state index contributed by atoms with van der Waals surface area (Å²) in [6.07, 6.45) is 4.68. The van der Waals surface area contributed by atoms with E-state index in [1.165, 1.54) is 16.9 Å². The number of nitrogens with zero attached hydrogens (tertiary/aromatic N) is 8. The predicted octanol–water partition coefficient (Wildman–Crippen LogP) is 4.13. The van der Waals surface area contributed by atoms with Crippen molar-refractivity contribution in [2.45, 2.75) is 45.3 Å². The molecule has 4 aromatic rings. The first-order valence-electron chi connectivity index (χ1n) is 14.4. The number of likely N-dealkylation sites (tertiary alicyclic amines) is 1. The number of aromatic nitrogens is 3. The number of piperidine rings is 1. The van der Waals surface area contributed by atoms with E-state index in [1.807, 2.05) is 45.3 Å². The quantitative estimate of drug-likeness (QED) is 0.320. The minimum atomic E-state index is -0.376. The van der Waals surface area contributed by atoms with Crippen LogP contribution in [0.1, 0.15) is 35.9 Å². The van der Waals surface area contributed by atoms with Crippen LogP contribution < -0.4 is 9.80 Å². The van der Waals surface area contributed by atoms with E-state index in [2.05, 4.69) is 38.3 Å². The molecule has 1 aromatic carbocycles. The van der Waals surface area contributed by atoms with E-state index in [-0.39, 0.29) is 18.1 Å². The van der Waals surface area contributed by atoms with Gasteiger partial charge in [0.2, 0.25) is 5.91 Å². The van der Waals surface area contributed by atoms with Gasteiger partial charge in [0.1, 0.15) is 27.5 Å². The Morgan fingerprint density at radius 1 is 1.17 bits per heavy atom. The number of carbonyl (C=O) groups excluding carboxylic acids is 1. The van der Waals surface area contributed by atoms with Crippen molar-refractivity contribution in [1.29, 1.82) is 5.26 Å². The van der Waals surface area contributed by atoms with Crippen molar-refractivity contribution in [2.75, 3.05) is 56.6 Å². The monoisotopic (exact) mass is 604 g/mol. The van der Waals surface area contributed by atoms with Gasteiger partial charge in [0.05, 0.1) is 18.3 Å². The average Bonchev–Trinajstić information content (AvgIpc) is 3.68. The largest absolute Gasteiger partial charge is 0.389 e. The number of amides is 1. The molecule has 12 heteroatoms. The number of β-amino-alcohol motifs (C(OH)–C–C–N with tert-alkyl or cyclic N) is 1. The normalized spacial score (nSPS) is 17.6. The van der Waals surface area contributed by atoms with Gasteiger partial charge in [0, 0.05) is 51.0 Å². The van der Waals surface area contributed by atoms with Gasteiger partial charge in [-0.25, -0.2) is 9.97 Å². The molecule has 2 aliphatic rings. The molecule has 5 heterocycles. The lowest BCUT2D eigenvalue weighted by Crippen LogP contribution is -2.57. The number of rotatable bonds is 8. The zero-order valence-electron chi connectivity index (χ0n) is 24.4. The summed E-state index contributed by atoms with van der Waals surface area (Å²) in [5, 5.41) is 21.3. The highest BCUT2D eigenvalue weighted by atomic mass is 32.1. The van der Waals surface area contributed by atoms with E-state index in [0.717, 1.165) is 64.5 Å². The number of aliphatic hydroxyl groups excluding tert-OH is 1. The molecular formula is C30H36N8O2S2. The summed E-state index contributed by atoms with van der Waals surface area (Å²) >= 11 is 3.08. The molecule has 220 valence electrons. The molecule has 1 unspecified atom stereocenters. The summed E-state index contributed by atoms with van der Waals surface area (Å²) in [6, 6.07) is 10.7. The molecule has 2 aliphatic heterocycles. The maximum atomic E-state index is 12.6. The summed E-state index contributed by atoms with van der Waals surface area (Å²) in [6.45, 7) is 7.23. The molecule has 1 atom stereocenters. The molecule has 0 bridgehead atoms. The summed E-state index contributed by atoms with van der Waals surface area (Å²) in [5.41, 5.74) is 3.81. The SMILES string of the molecule is CCc1nc2sc(N3CCCC(N(C)CC(=O)N4CC(O)C4)C3)cn2c1N(C)c1nc(-c2ccc(C)cc2)c(C#N)s1. The van der Waals surface area contributed by atoms with Crippen molar-refractivity contribution in [3.05, 3.63) is 46.6 Å². The van der Waals surface area contributed by atoms with Gasteiger partial charge in [0.15, 0.2) is 10.1 Å². The second-order valence-electron chi connectivity index (χ2n) is 11.3. The van der Waals surface area contributed by atoms with E-state index in [9.17, 15) is 15.2 Å². The number of carbonyl (C=O) groups is 1. The summed E-state index contributed by atoms with van der Waals surface area (Å²) in [7, 11) is 4.03. The summed E-state index contributed by atoms with van der Waals surface area (Å²) in [4.78, 5) is 32.4. The van der Waals surface area contributed by atoms with Crippen LogP contribution in [0.2, 0.25) is 0 Å². The Bertz CT molecular complexity index is 1630. The fourth-order valence-corrected chi connectivity index (χ4v) is 7.63. The first-order valence-corrected chi connectivity index (χ1v) is 16.0. The Labute approximate surface area is 254 Å². The molecule has 3 aromatic heterocycles. The number of likely N-dealkylation sites (N-methyl/N-ethyl adjacent to an activating group) is 1. The molecule has 1 N–H and O–H groups in total. The number of fused-ring (bicyclic) bond motifs is 1. The first-order chi connectivity index (χ1) is 20.2. The second-order valence-corrected chi connectivity index (χ2v) is 13.2. The third-order valence-corrected chi connectivity index (χ3v) is 10.4. The second kappa shape index (κ2) is 11.6. The van der Waals surface area contributed by atoms with Crippen LogP contribution in [0.4, 0.5) is 16.0 Å². The Hall–Kier alpha value is -3.50. The zero-order valence-corrected chi connectivity index (χ0v) is 26.1. The van der Waals surface area contributed by atoms with Crippen LogP contribution >= 0.6 is 22.7 Å². The maximum Gasteiger partial charge on any atom is 0.236 e. The van der Waals surface area contributed by atoms with E-state index >= 15 is 0 Å². The van der Waals surface area contributed by atoms with Gasteiger partial charge in [0.25, 0.3) is 0 Å². The number of aryl methyl sites for hydroxylation is 2. The number of thiazole rings is 2. The van der Waals surface area contributed by atoms with Crippen LogP contribution in [-0.4, -0.2) is 94.1 Å². The highest BCUT2D eigenvalue weighted by Gasteiger charge is 2.32. The molecule has 2 fully saturated rings. The molecule has 6 rings (SSSR count). The fraction of sp³-hybridized carbons (Fsp3) is 0.467. The van der Waals surface area contributed by atoms with Gasteiger partial charge in [-0.05, 0) is 33.2 Å². The van der Waals surface area contributed by atoms with Crippen molar-refractivity contribution in [2.24, 2.45) is 0 Å². The van der Waals surface area contributed by atoms with Crippen LogP contribution in [0.25, 0.3) is 16.2 Å². The van der Waals surface area contributed by atoms with E-state index in [0.29, 0.717) is 30.2 Å². The number of benzene rings is 1. The average molecular weight is 605 g/mol. The fourth-order valence-electron chi connectivity index (χ4n) is 5.75. The van der Waals surface area contributed by atoms with Crippen LogP contribution in [0.5, 0.6) is 0 Å². The lowest BCUT2D eigenvalue weighted by atomic mass is 10.0. The van der Waals surface area contributed by atoms with E-state index in [1.54, 1.807) is 16.2 Å². The Morgan fingerprint density at radius 3 is 2.62 bits per heavy atom. The van der Waals surface area contributed by atoms with Crippen LogP contribution in [0, 0.1) is 18.3 Å². The zero-order chi connectivity index (χ0) is 29.5. The van der Waals surface area contributed by atoms with Crippen molar-refractivity contribution >= 4 is 49.5 Å². The van der Waals surface area contributed by atoms with Crippen molar-refractivity contribution < 1.29 is 9.90 Å². The van der Waals surface area contributed by atoms with Crippen LogP contribution in [-0.2, 0) is 11.2 Å². The maximum absolute atomic E-state index is 12.6. The Morgan fingerprint density at radius 2 is 1.93 bits per heavy atom. The first kappa shape index (κ1) is 28.6.